The molecule has 7 nitrogen and oxygen atoms in total. The van der Waals surface area contributed by atoms with Gasteiger partial charge in [-0.25, -0.2) is 0 Å². The smallest absolute Gasteiger partial charge is 0.102 e. The maximum atomic E-state index is 12.3. The van der Waals surface area contributed by atoms with Gasteiger partial charge in [0.25, 0.3) is 0 Å². The van der Waals surface area contributed by atoms with Gasteiger partial charge in [0.05, 0.1) is 35.1 Å². The fourth-order valence-corrected chi connectivity index (χ4v) is 9.20. The summed E-state index contributed by atoms with van der Waals surface area (Å²) >= 11 is 0. The van der Waals surface area contributed by atoms with Crippen LogP contribution in [0.2, 0.25) is 0 Å². The van der Waals surface area contributed by atoms with E-state index < -0.39 is 29.0 Å². The number of ether oxygens (including phenoxy) is 1. The zero-order chi connectivity index (χ0) is 25.1. The third-order valence-electron chi connectivity index (χ3n) is 11.1. The molecule has 0 amide bonds. The summed E-state index contributed by atoms with van der Waals surface area (Å²) in [5.41, 5.74) is 1.16. The summed E-state index contributed by atoms with van der Waals surface area (Å²) in [6.07, 6.45) is 7.54. The summed E-state index contributed by atoms with van der Waals surface area (Å²) in [5.74, 6) is -0.0833. The molecule has 7 rings (SSSR count). The van der Waals surface area contributed by atoms with Crippen molar-refractivity contribution in [2.45, 2.75) is 86.9 Å². The minimum Gasteiger partial charge on any atom is -0.390 e. The van der Waals surface area contributed by atoms with Crippen LogP contribution in [0.5, 0.6) is 0 Å². The molecule has 7 heteroatoms. The van der Waals surface area contributed by atoms with Crippen molar-refractivity contribution in [2.24, 2.45) is 17.3 Å². The molecule has 2 bridgehead atoms. The van der Waals surface area contributed by atoms with Crippen LogP contribution in [-0.4, -0.2) is 79.6 Å². The van der Waals surface area contributed by atoms with E-state index in [4.69, 9.17) is 4.74 Å². The fraction of sp³-hybridized carbons (Fsp3) is 0.655. The molecule has 192 valence electrons. The van der Waals surface area contributed by atoms with E-state index in [2.05, 4.69) is 41.4 Å². The largest absolute Gasteiger partial charge is 0.390 e. The monoisotopic (exact) mass is 491 g/mol. The second-order valence-corrected chi connectivity index (χ2v) is 12.7. The highest BCUT2D eigenvalue weighted by Gasteiger charge is 2.76. The third kappa shape index (κ3) is 2.76. The highest BCUT2D eigenvalue weighted by molar-refractivity contribution is 5.84. The molecule has 3 N–H and O–H groups in total. The Balaban J connectivity index is 1.27. The van der Waals surface area contributed by atoms with E-state index in [0.717, 1.165) is 36.6 Å². The second kappa shape index (κ2) is 7.35. The van der Waals surface area contributed by atoms with Crippen LogP contribution >= 0.6 is 0 Å². The van der Waals surface area contributed by atoms with Crippen LogP contribution in [0.3, 0.4) is 0 Å². The van der Waals surface area contributed by atoms with Crippen molar-refractivity contribution in [2.75, 3.05) is 14.1 Å². The lowest BCUT2D eigenvalue weighted by Gasteiger charge is -2.65. The predicted octanol–water partition coefficient (Wildman–Crippen LogP) is 2.93. The summed E-state index contributed by atoms with van der Waals surface area (Å²) < 4.78 is 7.21. The van der Waals surface area contributed by atoms with Gasteiger partial charge in [0.2, 0.25) is 0 Å². The Morgan fingerprint density at radius 3 is 2.67 bits per heavy atom. The van der Waals surface area contributed by atoms with Gasteiger partial charge in [0, 0.05) is 23.3 Å². The summed E-state index contributed by atoms with van der Waals surface area (Å²) in [6, 6.07) is 8.28. The normalized spacial score (nSPS) is 47.4. The molecule has 5 aliphatic rings. The van der Waals surface area contributed by atoms with Crippen LogP contribution in [0, 0.1) is 17.3 Å². The molecule has 0 radical (unpaired) electrons. The SMILES string of the molecule is CN(C)[C@H]1C[C@@]23CC[C@]4(O2)C2CC=C(c5ccc6ccnnc6c5)[C@@]2(C)CCC4(O)CC3[C@@H](O)[C@@H]1O. The molecule has 3 aliphatic carbocycles. The van der Waals surface area contributed by atoms with Crippen molar-refractivity contribution in [1.82, 2.24) is 15.1 Å². The lowest BCUT2D eigenvalue weighted by atomic mass is 9.51. The van der Waals surface area contributed by atoms with Gasteiger partial charge in [0.1, 0.15) is 5.60 Å². The highest BCUT2D eigenvalue weighted by Crippen LogP contribution is 2.71. The number of aliphatic hydroxyl groups excluding tert-OH is 2. The molecule has 2 aliphatic heterocycles. The molecule has 2 saturated carbocycles. The van der Waals surface area contributed by atoms with E-state index in [0.29, 0.717) is 19.3 Å². The number of aliphatic hydroxyl groups is 3. The molecular weight excluding hydrogens is 454 g/mol. The Kier molecular flexibility index (Phi) is 4.75. The quantitative estimate of drug-likeness (QED) is 0.594. The molecule has 2 aromatic rings. The molecular formula is C29H37N3O4. The van der Waals surface area contributed by atoms with Crippen LogP contribution in [0.4, 0.5) is 0 Å². The number of likely N-dealkylation sites (N-methyl/N-ethyl adjacent to an activating group) is 1. The summed E-state index contributed by atoms with van der Waals surface area (Å²) in [4.78, 5) is 2.01. The highest BCUT2D eigenvalue weighted by atomic mass is 16.6. The van der Waals surface area contributed by atoms with E-state index in [1.807, 2.05) is 25.1 Å². The Morgan fingerprint density at radius 1 is 1.03 bits per heavy atom. The number of nitrogens with zero attached hydrogens (tertiary/aromatic N) is 3. The molecule has 36 heavy (non-hydrogen) atoms. The van der Waals surface area contributed by atoms with Gasteiger partial charge in [-0.15, -0.1) is 0 Å². The number of hydrogen-bond donors (Lipinski definition) is 3. The van der Waals surface area contributed by atoms with Gasteiger partial charge in [0.15, 0.2) is 0 Å². The van der Waals surface area contributed by atoms with Crippen LogP contribution in [0.25, 0.3) is 16.5 Å². The van der Waals surface area contributed by atoms with Gasteiger partial charge < -0.3 is 25.0 Å². The minimum absolute atomic E-state index is 0.117. The van der Waals surface area contributed by atoms with Crippen molar-refractivity contribution in [1.29, 1.82) is 0 Å². The second-order valence-electron chi connectivity index (χ2n) is 12.7. The average Bonchev–Trinajstić information content (AvgIpc) is 3.39. The lowest BCUT2D eigenvalue weighted by molar-refractivity contribution is -0.331. The van der Waals surface area contributed by atoms with Gasteiger partial charge >= 0.3 is 0 Å². The van der Waals surface area contributed by atoms with Crippen LogP contribution < -0.4 is 0 Å². The van der Waals surface area contributed by atoms with Crippen molar-refractivity contribution in [3.63, 3.8) is 0 Å². The van der Waals surface area contributed by atoms with Crippen LogP contribution in [-0.2, 0) is 4.74 Å². The maximum absolute atomic E-state index is 12.3. The van der Waals surface area contributed by atoms with Gasteiger partial charge in [-0.3, -0.25) is 0 Å². The number of benzene rings is 1. The van der Waals surface area contributed by atoms with Crippen molar-refractivity contribution < 1.29 is 20.1 Å². The van der Waals surface area contributed by atoms with E-state index in [1.165, 1.54) is 11.1 Å². The van der Waals surface area contributed by atoms with E-state index >= 15 is 0 Å². The molecule has 2 saturated heterocycles. The molecule has 1 aromatic carbocycles. The first kappa shape index (κ1) is 23.2. The topological polar surface area (TPSA) is 98.9 Å². The predicted molar refractivity (Wildman–Crippen MR) is 136 cm³/mol. The van der Waals surface area contributed by atoms with Crippen molar-refractivity contribution in [3.05, 3.63) is 42.1 Å². The minimum atomic E-state index is -0.994. The molecule has 9 atom stereocenters. The first-order valence-electron chi connectivity index (χ1n) is 13.5. The Hall–Kier alpha value is -1.90. The molecule has 3 unspecified atom stereocenters. The molecule has 4 fully saturated rings. The number of allylic oxidation sites excluding steroid dienone is 2. The third-order valence-corrected chi connectivity index (χ3v) is 11.1. The zero-order valence-electron chi connectivity index (χ0n) is 21.4. The molecule has 1 aromatic heterocycles. The fourth-order valence-electron chi connectivity index (χ4n) is 9.20. The Morgan fingerprint density at radius 2 is 1.86 bits per heavy atom. The summed E-state index contributed by atoms with van der Waals surface area (Å²) in [7, 11) is 3.92. The van der Waals surface area contributed by atoms with Gasteiger partial charge in [-0.2, -0.15) is 10.2 Å². The number of hydrogen-bond acceptors (Lipinski definition) is 7. The maximum Gasteiger partial charge on any atom is 0.102 e. The summed E-state index contributed by atoms with van der Waals surface area (Å²) in [6.45, 7) is 2.36. The molecule has 3 heterocycles. The number of fused-ring (bicyclic) bond motifs is 2. The standard InChI is InChI=1S/C29H37N3O4/c1-26-9-11-28(35)15-20-24(33)25(34)22(32(2)3)16-27(20)10-12-29(28,36-27)23(26)7-6-19(26)18-5-4-17-8-13-30-31-21(17)14-18/h4-6,8,13-14,20,22-25,33-35H,7,9-12,15-16H2,1-3H3/t20?,22-,23?,24+,25+,26+,27+,28?,29-/m0/s1. The van der Waals surface area contributed by atoms with E-state index in [-0.39, 0.29) is 23.3 Å². The van der Waals surface area contributed by atoms with Crippen molar-refractivity contribution >= 4 is 16.5 Å². The average molecular weight is 492 g/mol. The van der Waals surface area contributed by atoms with Crippen LogP contribution in [0.1, 0.15) is 57.4 Å². The lowest BCUT2D eigenvalue weighted by Crippen LogP contribution is -2.73. The zero-order valence-corrected chi connectivity index (χ0v) is 21.4. The van der Waals surface area contributed by atoms with Gasteiger partial charge in [-0.05, 0) is 87.7 Å². The number of rotatable bonds is 2. The first-order valence-corrected chi connectivity index (χ1v) is 13.5. The van der Waals surface area contributed by atoms with Crippen molar-refractivity contribution in [3.8, 4) is 0 Å². The van der Waals surface area contributed by atoms with Crippen LogP contribution in [0.15, 0.2) is 36.5 Å². The van der Waals surface area contributed by atoms with E-state index in [1.54, 1.807) is 6.20 Å². The van der Waals surface area contributed by atoms with E-state index in [9.17, 15) is 15.3 Å². The Bertz CT molecular complexity index is 1270. The number of aromatic nitrogens is 2. The summed E-state index contributed by atoms with van der Waals surface area (Å²) in [5, 5.41) is 43.9. The Labute approximate surface area is 212 Å². The molecule has 2 spiro atoms. The first-order chi connectivity index (χ1) is 17.1. The van der Waals surface area contributed by atoms with Gasteiger partial charge in [-0.1, -0.05) is 25.1 Å².